The van der Waals surface area contributed by atoms with E-state index < -0.39 is 17.5 Å². The molecule has 7 heteroatoms. The first kappa shape index (κ1) is 13.4. The van der Waals surface area contributed by atoms with Crippen LogP contribution >= 0.6 is 11.8 Å². The standard InChI is InChI=1S/C12H8F2N2O2S/c1-6(17)15-12-16-11(18)10(19-12)4-7-2-3-8(13)5-9(7)14/h2-5H,1H3,(H,15,16,17,18)/b10-4-. The number of nitrogens with one attached hydrogen (secondary N) is 1. The zero-order valence-corrected chi connectivity index (χ0v) is 10.6. The lowest BCUT2D eigenvalue weighted by atomic mass is 10.2. The molecule has 0 aliphatic carbocycles. The molecule has 19 heavy (non-hydrogen) atoms. The highest BCUT2D eigenvalue weighted by atomic mass is 32.2. The van der Waals surface area contributed by atoms with Crippen LogP contribution in [0, 0.1) is 11.6 Å². The van der Waals surface area contributed by atoms with Gasteiger partial charge in [-0.15, -0.1) is 0 Å². The van der Waals surface area contributed by atoms with Crippen molar-refractivity contribution in [1.29, 1.82) is 0 Å². The van der Waals surface area contributed by atoms with Crippen LogP contribution in [0.5, 0.6) is 0 Å². The topological polar surface area (TPSA) is 58.5 Å². The number of carbonyl (C=O) groups is 2. The fourth-order valence-electron chi connectivity index (χ4n) is 1.37. The minimum absolute atomic E-state index is 0.0801. The number of halogens is 2. The average molecular weight is 282 g/mol. The molecule has 0 bridgehead atoms. The molecule has 0 spiro atoms. The van der Waals surface area contributed by atoms with Crippen LogP contribution in [0.1, 0.15) is 12.5 Å². The molecule has 4 nitrogen and oxygen atoms in total. The third-order valence-corrected chi connectivity index (χ3v) is 3.05. The van der Waals surface area contributed by atoms with E-state index in [1.807, 2.05) is 0 Å². The van der Waals surface area contributed by atoms with E-state index in [0.717, 1.165) is 23.9 Å². The number of aliphatic imine (C=N–C) groups is 1. The van der Waals surface area contributed by atoms with Crippen LogP contribution in [-0.4, -0.2) is 17.0 Å². The van der Waals surface area contributed by atoms with E-state index in [1.54, 1.807) is 0 Å². The minimum Gasteiger partial charge on any atom is -0.305 e. The van der Waals surface area contributed by atoms with Crippen molar-refractivity contribution in [2.24, 2.45) is 4.99 Å². The van der Waals surface area contributed by atoms with Gasteiger partial charge < -0.3 is 5.32 Å². The van der Waals surface area contributed by atoms with Gasteiger partial charge in [0.2, 0.25) is 5.91 Å². The van der Waals surface area contributed by atoms with E-state index in [0.29, 0.717) is 0 Å². The van der Waals surface area contributed by atoms with E-state index in [1.165, 1.54) is 19.1 Å². The summed E-state index contributed by atoms with van der Waals surface area (Å²) in [6.45, 7) is 1.29. The Morgan fingerprint density at radius 1 is 1.42 bits per heavy atom. The number of rotatable bonds is 1. The third kappa shape index (κ3) is 3.25. The van der Waals surface area contributed by atoms with Gasteiger partial charge in [-0.3, -0.25) is 9.59 Å². The number of hydrogen-bond acceptors (Lipinski definition) is 3. The summed E-state index contributed by atoms with van der Waals surface area (Å²) in [6, 6.07) is 3.04. The van der Waals surface area contributed by atoms with Gasteiger partial charge in [0.25, 0.3) is 5.91 Å². The Hall–Kier alpha value is -2.02. The summed E-state index contributed by atoms with van der Waals surface area (Å²) < 4.78 is 26.2. The molecule has 1 heterocycles. The van der Waals surface area contributed by atoms with Crippen molar-refractivity contribution in [3.63, 3.8) is 0 Å². The van der Waals surface area contributed by atoms with Crippen LogP contribution in [0.4, 0.5) is 8.78 Å². The summed E-state index contributed by atoms with van der Waals surface area (Å²) in [7, 11) is 0. The Morgan fingerprint density at radius 3 is 2.79 bits per heavy atom. The summed E-state index contributed by atoms with van der Waals surface area (Å²) >= 11 is 0.924. The van der Waals surface area contributed by atoms with Crippen LogP contribution < -0.4 is 5.32 Å². The van der Waals surface area contributed by atoms with Crippen molar-refractivity contribution in [3.05, 3.63) is 40.3 Å². The van der Waals surface area contributed by atoms with Gasteiger partial charge in [-0.2, -0.15) is 4.99 Å². The molecule has 1 aliphatic heterocycles. The van der Waals surface area contributed by atoms with Crippen molar-refractivity contribution in [1.82, 2.24) is 5.32 Å². The summed E-state index contributed by atoms with van der Waals surface area (Å²) in [5.74, 6) is -2.39. The molecule has 0 unspecified atom stereocenters. The van der Waals surface area contributed by atoms with Crippen LogP contribution in [0.3, 0.4) is 0 Å². The molecule has 1 aromatic carbocycles. The van der Waals surface area contributed by atoms with Crippen LogP contribution in [0.25, 0.3) is 6.08 Å². The predicted molar refractivity (Wildman–Crippen MR) is 68.2 cm³/mol. The fourth-order valence-corrected chi connectivity index (χ4v) is 2.22. The highest BCUT2D eigenvalue weighted by molar-refractivity contribution is 8.18. The lowest BCUT2D eigenvalue weighted by Crippen LogP contribution is -2.23. The molecule has 0 atom stereocenters. The van der Waals surface area contributed by atoms with Crippen molar-refractivity contribution >= 4 is 34.8 Å². The van der Waals surface area contributed by atoms with Crippen LogP contribution in [0.15, 0.2) is 28.1 Å². The first-order valence-corrected chi connectivity index (χ1v) is 6.02. The molecule has 0 radical (unpaired) electrons. The Bertz CT molecular complexity index is 626. The number of amides is 2. The first-order valence-electron chi connectivity index (χ1n) is 5.21. The molecule has 2 rings (SSSR count). The minimum atomic E-state index is -0.770. The number of hydrogen-bond donors (Lipinski definition) is 1. The summed E-state index contributed by atoms with van der Waals surface area (Å²) in [4.78, 5) is 26.1. The van der Waals surface area contributed by atoms with Gasteiger partial charge in [-0.25, -0.2) is 8.78 Å². The Kier molecular flexibility index (Phi) is 3.75. The van der Waals surface area contributed by atoms with E-state index >= 15 is 0 Å². The maximum atomic E-state index is 13.4. The average Bonchev–Trinajstić information content (AvgIpc) is 2.62. The molecular formula is C12H8F2N2O2S. The smallest absolute Gasteiger partial charge is 0.286 e. The molecule has 1 aromatic rings. The largest absolute Gasteiger partial charge is 0.305 e. The lowest BCUT2D eigenvalue weighted by molar-refractivity contribution is -0.117. The lowest BCUT2D eigenvalue weighted by Gasteiger charge is -1.99. The Morgan fingerprint density at radius 2 is 2.16 bits per heavy atom. The van der Waals surface area contributed by atoms with E-state index in [2.05, 4.69) is 10.3 Å². The molecule has 0 aromatic heterocycles. The van der Waals surface area contributed by atoms with Crippen LogP contribution in [0.2, 0.25) is 0 Å². The zero-order valence-electron chi connectivity index (χ0n) is 9.74. The van der Waals surface area contributed by atoms with E-state index in [9.17, 15) is 18.4 Å². The van der Waals surface area contributed by atoms with Gasteiger partial charge in [-0.05, 0) is 30.0 Å². The highest BCUT2D eigenvalue weighted by Gasteiger charge is 2.22. The first-order chi connectivity index (χ1) is 8.95. The van der Waals surface area contributed by atoms with Crippen molar-refractivity contribution in [3.8, 4) is 0 Å². The van der Waals surface area contributed by atoms with Crippen LogP contribution in [-0.2, 0) is 9.59 Å². The molecule has 1 N–H and O–H groups in total. The zero-order chi connectivity index (χ0) is 14.0. The van der Waals surface area contributed by atoms with Gasteiger partial charge in [0.1, 0.15) is 11.6 Å². The normalized spacial score (nSPS) is 16.7. The molecule has 1 aliphatic rings. The second-order valence-electron chi connectivity index (χ2n) is 3.68. The highest BCUT2D eigenvalue weighted by Crippen LogP contribution is 2.28. The second-order valence-corrected chi connectivity index (χ2v) is 4.71. The van der Waals surface area contributed by atoms with Crippen molar-refractivity contribution in [2.75, 3.05) is 0 Å². The van der Waals surface area contributed by atoms with Gasteiger partial charge in [0.15, 0.2) is 5.17 Å². The fraction of sp³-hybridized carbons (Fsp3) is 0.0833. The molecule has 98 valence electrons. The second kappa shape index (κ2) is 5.31. The molecule has 0 saturated heterocycles. The van der Waals surface area contributed by atoms with Crippen molar-refractivity contribution < 1.29 is 18.4 Å². The molecule has 0 saturated carbocycles. The Labute approximate surface area is 111 Å². The number of nitrogens with zero attached hydrogens (tertiary/aromatic N) is 1. The monoisotopic (exact) mass is 282 g/mol. The van der Waals surface area contributed by atoms with E-state index in [-0.39, 0.29) is 21.5 Å². The van der Waals surface area contributed by atoms with Gasteiger partial charge >= 0.3 is 0 Å². The molecular weight excluding hydrogens is 274 g/mol. The number of amidine groups is 1. The molecule has 2 amide bonds. The number of benzene rings is 1. The molecule has 0 fully saturated rings. The van der Waals surface area contributed by atoms with Gasteiger partial charge in [0, 0.05) is 18.6 Å². The maximum absolute atomic E-state index is 13.4. The maximum Gasteiger partial charge on any atom is 0.286 e. The summed E-state index contributed by atoms with van der Waals surface area (Å²) in [5, 5.41) is 2.51. The SMILES string of the molecule is CC(=O)NC1=NC(=O)/C(=C/c2ccc(F)cc2F)S1. The Balaban J connectivity index is 2.22. The van der Waals surface area contributed by atoms with Gasteiger partial charge in [-0.1, -0.05) is 0 Å². The van der Waals surface area contributed by atoms with E-state index in [4.69, 9.17) is 0 Å². The van der Waals surface area contributed by atoms with Gasteiger partial charge in [0.05, 0.1) is 4.91 Å². The third-order valence-electron chi connectivity index (χ3n) is 2.15. The summed E-state index contributed by atoms with van der Waals surface area (Å²) in [6.07, 6.45) is 1.26. The summed E-state index contributed by atoms with van der Waals surface area (Å²) in [5.41, 5.74) is 0.0801. The van der Waals surface area contributed by atoms with Crippen molar-refractivity contribution in [2.45, 2.75) is 6.92 Å². The number of thioether (sulfide) groups is 1. The predicted octanol–water partition coefficient (Wildman–Crippen LogP) is 2.07. The number of carbonyl (C=O) groups excluding carboxylic acids is 2. The quantitative estimate of drug-likeness (QED) is 0.802.